The van der Waals surface area contributed by atoms with Gasteiger partial charge in [-0.15, -0.1) is 0 Å². The van der Waals surface area contributed by atoms with Gasteiger partial charge in [0.05, 0.1) is 0 Å². The predicted molar refractivity (Wildman–Crippen MR) is 83.1 cm³/mol. The Hall–Kier alpha value is -0.210. The van der Waals surface area contributed by atoms with Crippen molar-refractivity contribution in [3.05, 3.63) is 0 Å². The molecule has 2 N–H and O–H groups in total. The van der Waals surface area contributed by atoms with E-state index in [1.54, 1.807) is 8.61 Å². The largest absolute Gasteiger partial charge is 0.329 e. The molecule has 0 aromatic rings. The van der Waals surface area contributed by atoms with E-state index in [0.717, 1.165) is 45.2 Å². The molecule has 3 rings (SSSR count). The lowest BCUT2D eigenvalue weighted by Gasteiger charge is -2.37. The van der Waals surface area contributed by atoms with E-state index in [1.165, 1.54) is 6.42 Å². The topological polar surface area (TPSA) is 69.9 Å². The van der Waals surface area contributed by atoms with Crippen molar-refractivity contribution in [1.82, 2.24) is 13.5 Å². The molecule has 3 aliphatic heterocycles. The molecule has 3 saturated heterocycles. The third-order valence-corrected chi connectivity index (χ3v) is 7.29. The van der Waals surface area contributed by atoms with E-state index < -0.39 is 10.2 Å². The van der Waals surface area contributed by atoms with Crippen molar-refractivity contribution in [3.63, 3.8) is 0 Å². The summed E-state index contributed by atoms with van der Waals surface area (Å²) in [5.41, 5.74) is 5.80. The lowest BCUT2D eigenvalue weighted by Crippen LogP contribution is -2.54. The summed E-state index contributed by atoms with van der Waals surface area (Å²) < 4.78 is 29.5. The molecule has 0 bridgehead atoms. The van der Waals surface area contributed by atoms with Crippen LogP contribution in [-0.2, 0) is 10.2 Å². The number of nitrogens with zero attached hydrogens (tertiary/aromatic N) is 3. The van der Waals surface area contributed by atoms with Crippen LogP contribution < -0.4 is 5.73 Å². The number of hydrogen-bond acceptors (Lipinski definition) is 4. The highest BCUT2D eigenvalue weighted by Gasteiger charge is 2.39. The number of nitrogens with two attached hydrogens (primary N) is 1. The normalized spacial score (nSPS) is 33.8. The molecule has 0 spiro atoms. The van der Waals surface area contributed by atoms with Gasteiger partial charge in [-0.1, -0.05) is 6.42 Å². The molecule has 2 unspecified atom stereocenters. The van der Waals surface area contributed by atoms with Crippen molar-refractivity contribution in [2.75, 3.05) is 39.3 Å². The lowest BCUT2D eigenvalue weighted by molar-refractivity contribution is 0.224. The standard InChI is InChI=1S/C14H28N4O2S/c15-11-13-5-1-2-10-18(13)21(19,20)17-9-4-8-16-7-3-6-14(16)12-17/h13-14H,1-12,15H2. The second-order valence-corrected chi connectivity index (χ2v) is 8.43. The maximum atomic E-state index is 13.0. The zero-order chi connectivity index (χ0) is 14.9. The third-order valence-electron chi connectivity index (χ3n) is 5.23. The van der Waals surface area contributed by atoms with Crippen LogP contribution in [0.2, 0.25) is 0 Å². The molecule has 7 heteroatoms. The van der Waals surface area contributed by atoms with E-state index in [-0.39, 0.29) is 6.04 Å². The molecule has 3 fully saturated rings. The van der Waals surface area contributed by atoms with Gasteiger partial charge in [0.15, 0.2) is 0 Å². The first-order chi connectivity index (χ1) is 10.1. The molecule has 122 valence electrons. The average molecular weight is 316 g/mol. The first kappa shape index (κ1) is 15.7. The second-order valence-electron chi connectivity index (χ2n) is 6.55. The Balaban J connectivity index is 1.76. The molecule has 3 heterocycles. The molecule has 0 radical (unpaired) electrons. The summed E-state index contributed by atoms with van der Waals surface area (Å²) in [4.78, 5) is 2.46. The minimum absolute atomic E-state index is 0.00770. The zero-order valence-electron chi connectivity index (χ0n) is 12.8. The summed E-state index contributed by atoms with van der Waals surface area (Å²) in [5, 5.41) is 0. The van der Waals surface area contributed by atoms with Crippen molar-refractivity contribution >= 4 is 10.2 Å². The minimum atomic E-state index is -3.35. The summed E-state index contributed by atoms with van der Waals surface area (Å²) in [6.07, 6.45) is 6.22. The monoisotopic (exact) mass is 316 g/mol. The fourth-order valence-electron chi connectivity index (χ4n) is 4.04. The van der Waals surface area contributed by atoms with Crippen LogP contribution in [0.4, 0.5) is 0 Å². The summed E-state index contributed by atoms with van der Waals surface area (Å²) in [5.74, 6) is 0. The van der Waals surface area contributed by atoms with E-state index in [2.05, 4.69) is 4.90 Å². The quantitative estimate of drug-likeness (QED) is 0.808. The van der Waals surface area contributed by atoms with Crippen LogP contribution in [0.15, 0.2) is 0 Å². The van der Waals surface area contributed by atoms with Gasteiger partial charge in [-0.25, -0.2) is 0 Å². The Bertz CT molecular complexity index is 456. The molecular weight excluding hydrogens is 288 g/mol. The van der Waals surface area contributed by atoms with Gasteiger partial charge in [0, 0.05) is 38.3 Å². The molecule has 0 aliphatic carbocycles. The van der Waals surface area contributed by atoms with E-state index >= 15 is 0 Å². The van der Waals surface area contributed by atoms with Gasteiger partial charge in [0.2, 0.25) is 0 Å². The Morgan fingerprint density at radius 2 is 1.76 bits per heavy atom. The van der Waals surface area contributed by atoms with E-state index in [1.807, 2.05) is 0 Å². The summed E-state index contributed by atoms with van der Waals surface area (Å²) in [6, 6.07) is 0.412. The van der Waals surface area contributed by atoms with Crippen LogP contribution in [0.5, 0.6) is 0 Å². The van der Waals surface area contributed by atoms with Gasteiger partial charge in [0.25, 0.3) is 10.2 Å². The van der Waals surface area contributed by atoms with Crippen LogP contribution in [0, 0.1) is 0 Å². The summed E-state index contributed by atoms with van der Waals surface area (Å²) in [6.45, 7) is 4.56. The fraction of sp³-hybridized carbons (Fsp3) is 1.00. The number of piperidine rings is 1. The zero-order valence-corrected chi connectivity index (χ0v) is 13.6. The first-order valence-electron chi connectivity index (χ1n) is 8.34. The molecule has 21 heavy (non-hydrogen) atoms. The van der Waals surface area contributed by atoms with Gasteiger partial charge in [-0.2, -0.15) is 17.0 Å². The Morgan fingerprint density at radius 1 is 0.952 bits per heavy atom. The molecule has 0 aromatic heterocycles. The Labute approximate surface area is 128 Å². The molecular formula is C14H28N4O2S. The van der Waals surface area contributed by atoms with Crippen molar-refractivity contribution < 1.29 is 8.42 Å². The van der Waals surface area contributed by atoms with Crippen molar-refractivity contribution in [2.45, 2.75) is 50.6 Å². The number of hydrogen-bond donors (Lipinski definition) is 1. The molecule has 0 amide bonds. The van der Waals surface area contributed by atoms with E-state index in [4.69, 9.17) is 5.73 Å². The Morgan fingerprint density at radius 3 is 2.57 bits per heavy atom. The van der Waals surface area contributed by atoms with Crippen molar-refractivity contribution in [3.8, 4) is 0 Å². The summed E-state index contributed by atoms with van der Waals surface area (Å²) >= 11 is 0. The van der Waals surface area contributed by atoms with Gasteiger partial charge in [-0.05, 0) is 45.2 Å². The lowest BCUT2D eigenvalue weighted by atomic mass is 10.1. The third kappa shape index (κ3) is 3.12. The SMILES string of the molecule is NCC1CCCCN1S(=O)(=O)N1CCCN2CCCC2C1. The number of rotatable bonds is 3. The molecule has 0 aromatic carbocycles. The maximum absolute atomic E-state index is 13.0. The van der Waals surface area contributed by atoms with E-state index in [0.29, 0.717) is 32.2 Å². The average Bonchev–Trinajstić information content (AvgIpc) is 2.83. The van der Waals surface area contributed by atoms with Gasteiger partial charge >= 0.3 is 0 Å². The highest BCUT2D eigenvalue weighted by Crippen LogP contribution is 2.27. The Kier molecular flexibility index (Phi) is 4.85. The van der Waals surface area contributed by atoms with Gasteiger partial charge in [0.1, 0.15) is 0 Å². The van der Waals surface area contributed by atoms with Crippen LogP contribution in [0.1, 0.15) is 38.5 Å². The molecule has 3 aliphatic rings. The summed E-state index contributed by atoms with van der Waals surface area (Å²) in [7, 11) is -3.35. The second kappa shape index (κ2) is 6.50. The van der Waals surface area contributed by atoms with Crippen LogP contribution in [0.3, 0.4) is 0 Å². The van der Waals surface area contributed by atoms with Crippen LogP contribution in [0.25, 0.3) is 0 Å². The van der Waals surface area contributed by atoms with Crippen LogP contribution >= 0.6 is 0 Å². The molecule has 0 saturated carbocycles. The minimum Gasteiger partial charge on any atom is -0.329 e. The highest BCUT2D eigenvalue weighted by molar-refractivity contribution is 7.86. The van der Waals surface area contributed by atoms with E-state index in [9.17, 15) is 8.42 Å². The van der Waals surface area contributed by atoms with Gasteiger partial charge < -0.3 is 5.73 Å². The van der Waals surface area contributed by atoms with Crippen LogP contribution in [-0.4, -0.2) is 73.3 Å². The highest BCUT2D eigenvalue weighted by atomic mass is 32.2. The smallest absolute Gasteiger partial charge is 0.282 e. The van der Waals surface area contributed by atoms with Crippen molar-refractivity contribution in [2.24, 2.45) is 5.73 Å². The predicted octanol–water partition coefficient (Wildman–Crippen LogP) is 0.215. The number of fused-ring (bicyclic) bond motifs is 1. The maximum Gasteiger partial charge on any atom is 0.282 e. The van der Waals surface area contributed by atoms with Gasteiger partial charge in [-0.3, -0.25) is 4.90 Å². The first-order valence-corrected chi connectivity index (χ1v) is 9.73. The fourth-order valence-corrected chi connectivity index (χ4v) is 5.99. The molecule has 6 nitrogen and oxygen atoms in total. The van der Waals surface area contributed by atoms with Crippen molar-refractivity contribution in [1.29, 1.82) is 0 Å². The molecule has 2 atom stereocenters.